The van der Waals surface area contributed by atoms with Crippen LogP contribution in [-0.2, 0) is 0 Å². The molecule has 1 amide bonds. The molecule has 0 fully saturated rings. The Balaban J connectivity index is 2.43. The summed E-state index contributed by atoms with van der Waals surface area (Å²) in [5, 5.41) is 1.73. The van der Waals surface area contributed by atoms with Crippen LogP contribution in [0.15, 0.2) is 54.6 Å². The number of nitrogens with two attached hydrogens (primary N) is 1. The van der Waals surface area contributed by atoms with Crippen molar-refractivity contribution in [3.8, 4) is 17.0 Å². The van der Waals surface area contributed by atoms with E-state index < -0.39 is 5.91 Å². The lowest BCUT2D eigenvalue weighted by Crippen LogP contribution is -2.31. The van der Waals surface area contributed by atoms with Gasteiger partial charge in [0, 0.05) is 10.9 Å². The van der Waals surface area contributed by atoms with Crippen molar-refractivity contribution in [1.29, 1.82) is 0 Å². The fourth-order valence-electron chi connectivity index (χ4n) is 2.52. The molecule has 3 aromatic rings. The monoisotopic (exact) mass is 293 g/mol. The lowest BCUT2D eigenvalue weighted by Gasteiger charge is -2.14. The van der Waals surface area contributed by atoms with Gasteiger partial charge in [-0.1, -0.05) is 48.5 Å². The summed E-state index contributed by atoms with van der Waals surface area (Å²) in [6, 6.07) is 17.3. The van der Waals surface area contributed by atoms with Crippen LogP contribution < -0.4 is 16.0 Å². The van der Waals surface area contributed by atoms with Gasteiger partial charge in [-0.3, -0.25) is 10.2 Å². The predicted molar refractivity (Wildman–Crippen MR) is 85.4 cm³/mol. The number of rotatable bonds is 3. The largest absolute Gasteiger partial charge is 0.481 e. The summed E-state index contributed by atoms with van der Waals surface area (Å²) in [6.45, 7) is 0. The summed E-state index contributed by atoms with van der Waals surface area (Å²) < 4.78 is 5.32. The Bertz CT molecular complexity index is 832. The van der Waals surface area contributed by atoms with Crippen LogP contribution in [0.1, 0.15) is 10.5 Å². The van der Waals surface area contributed by atoms with Crippen molar-refractivity contribution >= 4 is 16.7 Å². The van der Waals surface area contributed by atoms with Gasteiger partial charge in [0.15, 0.2) is 0 Å². The van der Waals surface area contributed by atoms with Gasteiger partial charge in [0.25, 0.3) is 5.91 Å². The number of hydrazine groups is 1. The molecule has 0 radical (unpaired) electrons. The Morgan fingerprint density at radius 2 is 1.68 bits per heavy atom. The van der Waals surface area contributed by atoms with Crippen molar-refractivity contribution in [2.24, 2.45) is 5.84 Å². The van der Waals surface area contributed by atoms with Crippen LogP contribution in [-0.4, -0.2) is 18.0 Å². The first-order chi connectivity index (χ1) is 10.8. The highest BCUT2D eigenvalue weighted by molar-refractivity contribution is 6.09. The number of aromatic nitrogens is 1. The second-order valence-electron chi connectivity index (χ2n) is 4.73. The van der Waals surface area contributed by atoms with Gasteiger partial charge in [0.05, 0.1) is 7.11 Å². The first-order valence-corrected chi connectivity index (χ1v) is 6.79. The number of hydrogen-bond donors (Lipinski definition) is 2. The van der Waals surface area contributed by atoms with Gasteiger partial charge in [0.2, 0.25) is 5.88 Å². The highest BCUT2D eigenvalue weighted by atomic mass is 16.5. The average molecular weight is 293 g/mol. The number of pyridine rings is 1. The standard InChI is InChI=1S/C17H15N3O2/c1-22-17-13-10-6-5-9-12(13)14(11-7-3-2-4-8-11)15(19-17)16(21)20-18/h2-10H,18H2,1H3,(H,20,21). The number of methoxy groups -OCH3 is 1. The number of carbonyl (C=O) groups is 1. The molecule has 22 heavy (non-hydrogen) atoms. The molecule has 0 unspecified atom stereocenters. The molecule has 3 N–H and O–H groups in total. The quantitative estimate of drug-likeness (QED) is 0.442. The van der Waals surface area contributed by atoms with E-state index in [-0.39, 0.29) is 5.69 Å². The van der Waals surface area contributed by atoms with Crippen LogP contribution in [0.4, 0.5) is 0 Å². The summed E-state index contributed by atoms with van der Waals surface area (Å²) in [7, 11) is 1.53. The highest BCUT2D eigenvalue weighted by Crippen LogP contribution is 2.35. The van der Waals surface area contributed by atoms with Gasteiger partial charge >= 0.3 is 0 Å². The van der Waals surface area contributed by atoms with Crippen molar-refractivity contribution in [2.45, 2.75) is 0 Å². The summed E-state index contributed by atoms with van der Waals surface area (Å²) in [5.41, 5.74) is 4.02. The smallest absolute Gasteiger partial charge is 0.284 e. The van der Waals surface area contributed by atoms with Crippen LogP contribution in [0.25, 0.3) is 21.9 Å². The third-order valence-corrected chi connectivity index (χ3v) is 3.48. The van der Waals surface area contributed by atoms with Crippen LogP contribution >= 0.6 is 0 Å². The zero-order valence-electron chi connectivity index (χ0n) is 12.0. The molecule has 110 valence electrons. The Morgan fingerprint density at radius 1 is 1.05 bits per heavy atom. The van der Waals surface area contributed by atoms with Gasteiger partial charge in [-0.2, -0.15) is 0 Å². The summed E-state index contributed by atoms with van der Waals surface area (Å²) in [6.07, 6.45) is 0. The second kappa shape index (κ2) is 5.83. The summed E-state index contributed by atoms with van der Waals surface area (Å²) in [5.74, 6) is 5.25. The molecule has 5 heteroatoms. The topological polar surface area (TPSA) is 77.2 Å². The van der Waals surface area contributed by atoms with E-state index in [1.165, 1.54) is 7.11 Å². The average Bonchev–Trinajstić information content (AvgIpc) is 2.60. The molecule has 5 nitrogen and oxygen atoms in total. The van der Waals surface area contributed by atoms with Crippen LogP contribution in [0.5, 0.6) is 5.88 Å². The van der Waals surface area contributed by atoms with E-state index >= 15 is 0 Å². The second-order valence-corrected chi connectivity index (χ2v) is 4.73. The van der Waals surface area contributed by atoms with Crippen LogP contribution in [0, 0.1) is 0 Å². The number of hydrogen-bond acceptors (Lipinski definition) is 4. The lowest BCUT2D eigenvalue weighted by atomic mass is 9.97. The van der Waals surface area contributed by atoms with E-state index in [2.05, 4.69) is 10.4 Å². The molecule has 0 aliphatic carbocycles. The normalized spacial score (nSPS) is 10.5. The maximum atomic E-state index is 12.2. The molecule has 0 atom stereocenters. The van der Waals surface area contributed by atoms with Gasteiger partial charge in [-0.05, 0) is 17.0 Å². The molecule has 3 rings (SSSR count). The Morgan fingerprint density at radius 3 is 2.32 bits per heavy atom. The maximum Gasteiger partial charge on any atom is 0.284 e. The van der Waals surface area contributed by atoms with Gasteiger partial charge in [-0.25, -0.2) is 10.8 Å². The van der Waals surface area contributed by atoms with Gasteiger partial charge < -0.3 is 4.74 Å². The molecule has 0 saturated heterocycles. The maximum absolute atomic E-state index is 12.2. The van der Waals surface area contributed by atoms with E-state index in [1.54, 1.807) is 0 Å². The van der Waals surface area contributed by atoms with Crippen molar-refractivity contribution in [3.63, 3.8) is 0 Å². The predicted octanol–water partition coefficient (Wildman–Crippen LogP) is 2.51. The molecular weight excluding hydrogens is 278 g/mol. The molecule has 0 aliphatic heterocycles. The van der Waals surface area contributed by atoms with Crippen molar-refractivity contribution in [1.82, 2.24) is 10.4 Å². The van der Waals surface area contributed by atoms with E-state index in [4.69, 9.17) is 10.6 Å². The molecular formula is C17H15N3O2. The van der Waals surface area contributed by atoms with E-state index in [1.807, 2.05) is 54.6 Å². The highest BCUT2D eigenvalue weighted by Gasteiger charge is 2.20. The number of amides is 1. The number of nitrogens with one attached hydrogen (secondary N) is 1. The minimum absolute atomic E-state index is 0.240. The minimum Gasteiger partial charge on any atom is -0.481 e. The van der Waals surface area contributed by atoms with Gasteiger partial charge in [0.1, 0.15) is 5.69 Å². The number of carbonyl (C=O) groups excluding carboxylic acids is 1. The lowest BCUT2D eigenvalue weighted by molar-refractivity contribution is 0.0949. The molecule has 0 bridgehead atoms. The number of benzene rings is 2. The van der Waals surface area contributed by atoms with Crippen molar-refractivity contribution < 1.29 is 9.53 Å². The SMILES string of the molecule is COc1nc(C(=O)NN)c(-c2ccccc2)c2ccccc12. The summed E-state index contributed by atoms with van der Waals surface area (Å²) in [4.78, 5) is 16.5. The molecule has 0 saturated carbocycles. The number of fused-ring (bicyclic) bond motifs is 1. The Kier molecular flexibility index (Phi) is 3.72. The minimum atomic E-state index is -0.456. The van der Waals surface area contributed by atoms with Crippen LogP contribution in [0.3, 0.4) is 0 Å². The molecule has 0 spiro atoms. The van der Waals surface area contributed by atoms with Crippen LogP contribution in [0.2, 0.25) is 0 Å². The fourth-order valence-corrected chi connectivity index (χ4v) is 2.52. The Labute approximate surface area is 127 Å². The van der Waals surface area contributed by atoms with Crippen molar-refractivity contribution in [3.05, 3.63) is 60.3 Å². The van der Waals surface area contributed by atoms with E-state index in [9.17, 15) is 4.79 Å². The number of nitrogens with zero attached hydrogens (tertiary/aromatic N) is 1. The van der Waals surface area contributed by atoms with Crippen molar-refractivity contribution in [2.75, 3.05) is 7.11 Å². The molecule has 0 aliphatic rings. The first kappa shape index (κ1) is 14.0. The zero-order chi connectivity index (χ0) is 15.5. The zero-order valence-corrected chi connectivity index (χ0v) is 12.0. The molecule has 1 aromatic heterocycles. The van der Waals surface area contributed by atoms with Gasteiger partial charge in [-0.15, -0.1) is 0 Å². The Hall–Kier alpha value is -2.92. The number of nitrogen functional groups attached to an aromatic ring is 1. The molecule has 1 heterocycles. The third kappa shape index (κ3) is 2.27. The summed E-state index contributed by atoms with van der Waals surface area (Å²) >= 11 is 0. The van der Waals surface area contributed by atoms with E-state index in [0.29, 0.717) is 5.88 Å². The first-order valence-electron chi connectivity index (χ1n) is 6.79. The fraction of sp³-hybridized carbons (Fsp3) is 0.0588. The molecule has 2 aromatic carbocycles. The third-order valence-electron chi connectivity index (χ3n) is 3.48. The van der Waals surface area contributed by atoms with E-state index in [0.717, 1.165) is 21.9 Å². The number of ether oxygens (including phenoxy) is 1.